The third-order valence-corrected chi connectivity index (χ3v) is 2.42. The van der Waals surface area contributed by atoms with Gasteiger partial charge in [-0.25, -0.2) is 0 Å². The monoisotopic (exact) mass is 264 g/mol. The Hall–Kier alpha value is -1.70. The highest BCUT2D eigenvalue weighted by atomic mass is 16.7. The first-order valence-electron chi connectivity index (χ1n) is 6.15. The fourth-order valence-corrected chi connectivity index (χ4v) is 1.48. The molecule has 0 aliphatic carbocycles. The van der Waals surface area contributed by atoms with Gasteiger partial charge in [0, 0.05) is 6.61 Å². The minimum absolute atomic E-state index is 0.244. The summed E-state index contributed by atoms with van der Waals surface area (Å²) in [4.78, 5) is 0. The Kier molecular flexibility index (Phi) is 6.80. The Morgan fingerprint density at radius 3 is 2.58 bits per heavy atom. The third kappa shape index (κ3) is 5.21. The Bertz CT molecular complexity index is 445. The highest BCUT2D eigenvalue weighted by Gasteiger charge is 2.02. The molecule has 1 aromatic carbocycles. The molecule has 4 heteroatoms. The van der Waals surface area contributed by atoms with Crippen molar-refractivity contribution in [1.82, 2.24) is 0 Å². The van der Waals surface area contributed by atoms with E-state index < -0.39 is 0 Å². The Morgan fingerprint density at radius 1 is 1.16 bits per heavy atom. The van der Waals surface area contributed by atoms with Crippen molar-refractivity contribution in [2.24, 2.45) is 0 Å². The molecule has 0 aliphatic heterocycles. The molecule has 0 heterocycles. The second-order valence-corrected chi connectivity index (χ2v) is 3.70. The van der Waals surface area contributed by atoms with Crippen molar-refractivity contribution < 1.29 is 18.9 Å². The average molecular weight is 264 g/mol. The summed E-state index contributed by atoms with van der Waals surface area (Å²) in [7, 11) is 3.23. The summed E-state index contributed by atoms with van der Waals surface area (Å²) in [5.74, 6) is 7.39. The Morgan fingerprint density at radius 2 is 1.95 bits per heavy atom. The lowest BCUT2D eigenvalue weighted by atomic mass is 10.2. The molecule has 0 radical (unpaired) electrons. The number of ether oxygens (including phenoxy) is 4. The topological polar surface area (TPSA) is 36.9 Å². The fourth-order valence-electron chi connectivity index (χ4n) is 1.48. The summed E-state index contributed by atoms with van der Waals surface area (Å²) < 4.78 is 21.0. The third-order valence-electron chi connectivity index (χ3n) is 2.42. The molecular weight excluding hydrogens is 244 g/mol. The molecule has 0 aromatic heterocycles. The largest absolute Gasteiger partial charge is 0.497 e. The van der Waals surface area contributed by atoms with Crippen LogP contribution in [0.15, 0.2) is 18.2 Å². The fraction of sp³-hybridized carbons (Fsp3) is 0.467. The van der Waals surface area contributed by atoms with Crippen LogP contribution in [-0.2, 0) is 9.47 Å². The molecule has 0 amide bonds. The molecule has 0 N–H and O–H groups in total. The summed E-state index contributed by atoms with van der Waals surface area (Å²) >= 11 is 0. The zero-order valence-corrected chi connectivity index (χ0v) is 11.9. The van der Waals surface area contributed by atoms with E-state index in [0.717, 1.165) is 11.3 Å². The minimum Gasteiger partial charge on any atom is -0.497 e. The van der Waals surface area contributed by atoms with Gasteiger partial charge < -0.3 is 18.9 Å². The van der Waals surface area contributed by atoms with Crippen LogP contribution in [0.4, 0.5) is 0 Å². The number of methoxy groups -OCH3 is 2. The molecule has 0 saturated heterocycles. The van der Waals surface area contributed by atoms with Crippen LogP contribution in [-0.4, -0.2) is 33.7 Å². The van der Waals surface area contributed by atoms with Crippen LogP contribution >= 0.6 is 0 Å². The molecule has 0 fully saturated rings. The zero-order valence-electron chi connectivity index (χ0n) is 11.9. The van der Waals surface area contributed by atoms with Gasteiger partial charge in [-0.05, 0) is 32.0 Å². The molecule has 104 valence electrons. The normalized spacial score (nSPS) is 11.4. The highest BCUT2D eigenvalue weighted by molar-refractivity contribution is 5.50. The first-order chi connectivity index (χ1) is 9.21. The van der Waals surface area contributed by atoms with E-state index in [2.05, 4.69) is 11.8 Å². The van der Waals surface area contributed by atoms with Crippen molar-refractivity contribution in [2.45, 2.75) is 20.1 Å². The van der Waals surface area contributed by atoms with Crippen LogP contribution < -0.4 is 9.47 Å². The lowest BCUT2D eigenvalue weighted by molar-refractivity contribution is -0.117. The Balaban J connectivity index is 2.65. The van der Waals surface area contributed by atoms with E-state index in [1.807, 2.05) is 32.0 Å². The second kappa shape index (κ2) is 8.41. The maximum absolute atomic E-state index is 5.37. The number of benzene rings is 1. The predicted octanol–water partition coefficient (Wildman–Crippen LogP) is 2.45. The number of rotatable bonds is 6. The smallest absolute Gasteiger partial charge is 0.156 e. The van der Waals surface area contributed by atoms with Gasteiger partial charge in [-0.1, -0.05) is 11.8 Å². The van der Waals surface area contributed by atoms with Crippen LogP contribution in [0.5, 0.6) is 11.5 Å². The van der Waals surface area contributed by atoms with E-state index in [-0.39, 0.29) is 6.29 Å². The lowest BCUT2D eigenvalue weighted by Gasteiger charge is -2.09. The molecule has 1 atom stereocenters. The molecule has 0 aliphatic rings. The summed E-state index contributed by atoms with van der Waals surface area (Å²) in [6, 6.07) is 5.49. The van der Waals surface area contributed by atoms with E-state index >= 15 is 0 Å². The molecule has 0 spiro atoms. The Labute approximate surface area is 114 Å². The van der Waals surface area contributed by atoms with Crippen LogP contribution in [0.2, 0.25) is 0 Å². The standard InChI is InChI=1S/C15H20O4/c1-5-18-12(2)19-10-6-7-13-11-14(16-3)8-9-15(13)17-4/h8-9,11-12H,5,10H2,1-4H3. The van der Waals surface area contributed by atoms with Gasteiger partial charge in [0.05, 0.1) is 19.8 Å². The maximum atomic E-state index is 5.37. The molecule has 1 aromatic rings. The summed E-state index contributed by atoms with van der Waals surface area (Å²) in [6.07, 6.45) is -0.244. The van der Waals surface area contributed by atoms with Crippen LogP contribution in [0, 0.1) is 11.8 Å². The summed E-state index contributed by atoms with van der Waals surface area (Å²) in [5, 5.41) is 0. The average Bonchev–Trinajstić information content (AvgIpc) is 2.43. The first-order valence-corrected chi connectivity index (χ1v) is 6.15. The van der Waals surface area contributed by atoms with E-state index in [1.54, 1.807) is 14.2 Å². The van der Waals surface area contributed by atoms with E-state index in [4.69, 9.17) is 18.9 Å². The minimum atomic E-state index is -0.244. The highest BCUT2D eigenvalue weighted by Crippen LogP contribution is 2.22. The molecule has 1 rings (SSSR count). The number of hydrogen-bond donors (Lipinski definition) is 0. The maximum Gasteiger partial charge on any atom is 0.156 e. The quantitative estimate of drug-likeness (QED) is 0.584. The van der Waals surface area contributed by atoms with E-state index in [1.165, 1.54) is 0 Å². The van der Waals surface area contributed by atoms with Gasteiger partial charge >= 0.3 is 0 Å². The van der Waals surface area contributed by atoms with Gasteiger partial charge in [-0.3, -0.25) is 0 Å². The van der Waals surface area contributed by atoms with Crippen molar-refractivity contribution in [3.05, 3.63) is 23.8 Å². The van der Waals surface area contributed by atoms with Crippen molar-refractivity contribution in [3.63, 3.8) is 0 Å². The van der Waals surface area contributed by atoms with E-state index in [9.17, 15) is 0 Å². The summed E-state index contributed by atoms with van der Waals surface area (Å²) in [6.45, 7) is 4.70. The molecular formula is C15H20O4. The van der Waals surface area contributed by atoms with Gasteiger partial charge in [-0.2, -0.15) is 0 Å². The van der Waals surface area contributed by atoms with Gasteiger partial charge in [0.2, 0.25) is 0 Å². The van der Waals surface area contributed by atoms with Gasteiger partial charge in [-0.15, -0.1) is 0 Å². The van der Waals surface area contributed by atoms with Crippen LogP contribution in [0.25, 0.3) is 0 Å². The molecule has 0 saturated carbocycles. The van der Waals surface area contributed by atoms with Crippen LogP contribution in [0.1, 0.15) is 19.4 Å². The van der Waals surface area contributed by atoms with Gasteiger partial charge in [0.25, 0.3) is 0 Å². The zero-order chi connectivity index (χ0) is 14.1. The van der Waals surface area contributed by atoms with E-state index in [0.29, 0.717) is 19.0 Å². The van der Waals surface area contributed by atoms with Crippen molar-refractivity contribution in [3.8, 4) is 23.3 Å². The van der Waals surface area contributed by atoms with Crippen molar-refractivity contribution in [1.29, 1.82) is 0 Å². The lowest BCUT2D eigenvalue weighted by Crippen LogP contribution is -2.12. The van der Waals surface area contributed by atoms with Gasteiger partial charge in [0.1, 0.15) is 18.1 Å². The first kappa shape index (κ1) is 15.4. The van der Waals surface area contributed by atoms with Gasteiger partial charge in [0.15, 0.2) is 6.29 Å². The van der Waals surface area contributed by atoms with Crippen molar-refractivity contribution in [2.75, 3.05) is 27.4 Å². The van der Waals surface area contributed by atoms with Crippen molar-refractivity contribution >= 4 is 0 Å². The summed E-state index contributed by atoms with van der Waals surface area (Å²) in [5.41, 5.74) is 0.773. The second-order valence-electron chi connectivity index (χ2n) is 3.70. The predicted molar refractivity (Wildman–Crippen MR) is 73.5 cm³/mol. The van der Waals surface area contributed by atoms with Crippen LogP contribution in [0.3, 0.4) is 0 Å². The SMILES string of the molecule is CCOC(C)OCC#Cc1cc(OC)ccc1OC. The molecule has 0 bridgehead atoms. The molecule has 19 heavy (non-hydrogen) atoms. The molecule has 1 unspecified atom stereocenters. The molecule has 4 nitrogen and oxygen atoms in total. The number of hydrogen-bond acceptors (Lipinski definition) is 4.